The van der Waals surface area contributed by atoms with E-state index in [0.717, 1.165) is 57.8 Å². The lowest BCUT2D eigenvalue weighted by Crippen LogP contribution is -2.30. The Morgan fingerprint density at radius 1 is 0.281 bits per heavy atom. The van der Waals surface area contributed by atoms with Gasteiger partial charge in [0.25, 0.3) is 0 Å². The molecule has 0 radical (unpaired) electrons. The van der Waals surface area contributed by atoms with Gasteiger partial charge in [0.1, 0.15) is 13.2 Å². The topological polar surface area (TPSA) is 78.9 Å². The SMILES string of the molecule is CCCCCCCCCCCCCCCCCCC(=O)OC[C@H](COC(=O)CCCCCCCCCCCCCCCC)OC(=O)CCCCCCCCCCC. The molecule has 0 heterocycles. The number of carbonyl (C=O) groups excluding carboxylic acids is 3. The summed E-state index contributed by atoms with van der Waals surface area (Å²) in [5.41, 5.74) is 0. The van der Waals surface area contributed by atoms with Crippen LogP contribution in [-0.4, -0.2) is 37.2 Å². The zero-order valence-corrected chi connectivity index (χ0v) is 38.6. The van der Waals surface area contributed by atoms with Crippen LogP contribution in [0.4, 0.5) is 0 Å². The number of esters is 3. The maximum absolute atomic E-state index is 12.7. The molecule has 0 unspecified atom stereocenters. The molecular formula is C51H98O6. The van der Waals surface area contributed by atoms with E-state index in [9.17, 15) is 14.4 Å². The first-order chi connectivity index (χ1) is 28.0. The Hall–Kier alpha value is -1.59. The minimum Gasteiger partial charge on any atom is -0.462 e. The fourth-order valence-corrected chi connectivity index (χ4v) is 7.74. The van der Waals surface area contributed by atoms with Crippen molar-refractivity contribution in [1.82, 2.24) is 0 Å². The van der Waals surface area contributed by atoms with E-state index < -0.39 is 6.10 Å². The summed E-state index contributed by atoms with van der Waals surface area (Å²) in [5.74, 6) is -0.845. The number of carbonyl (C=O) groups is 3. The van der Waals surface area contributed by atoms with E-state index in [0.29, 0.717) is 19.3 Å². The second-order valence-electron chi connectivity index (χ2n) is 17.5. The highest BCUT2D eigenvalue weighted by atomic mass is 16.6. The highest BCUT2D eigenvalue weighted by Crippen LogP contribution is 2.17. The summed E-state index contributed by atoms with van der Waals surface area (Å²) in [5, 5.41) is 0. The zero-order chi connectivity index (χ0) is 41.5. The normalized spacial score (nSPS) is 11.8. The fourth-order valence-electron chi connectivity index (χ4n) is 7.74. The Balaban J connectivity index is 4.23. The summed E-state index contributed by atoms with van der Waals surface area (Å²) < 4.78 is 16.8. The molecule has 0 amide bonds. The third-order valence-corrected chi connectivity index (χ3v) is 11.6. The predicted octanol–water partition coefficient (Wildman–Crippen LogP) is 16.4. The van der Waals surface area contributed by atoms with Crippen molar-refractivity contribution < 1.29 is 28.6 Å². The van der Waals surface area contributed by atoms with Crippen LogP contribution >= 0.6 is 0 Å². The van der Waals surface area contributed by atoms with Gasteiger partial charge in [-0.2, -0.15) is 0 Å². The summed E-state index contributed by atoms with van der Waals surface area (Å²) in [7, 11) is 0. The first kappa shape index (κ1) is 55.4. The number of unbranched alkanes of at least 4 members (excludes halogenated alkanes) is 36. The van der Waals surface area contributed by atoms with Crippen molar-refractivity contribution >= 4 is 17.9 Å². The van der Waals surface area contributed by atoms with Gasteiger partial charge in [-0.3, -0.25) is 14.4 Å². The van der Waals surface area contributed by atoms with Crippen molar-refractivity contribution in [2.24, 2.45) is 0 Å². The van der Waals surface area contributed by atoms with Crippen molar-refractivity contribution in [2.45, 2.75) is 297 Å². The molecule has 1 atom stereocenters. The Morgan fingerprint density at radius 2 is 0.474 bits per heavy atom. The van der Waals surface area contributed by atoms with Gasteiger partial charge in [-0.05, 0) is 19.3 Å². The zero-order valence-electron chi connectivity index (χ0n) is 38.6. The van der Waals surface area contributed by atoms with Crippen LogP contribution in [0.2, 0.25) is 0 Å². The van der Waals surface area contributed by atoms with Crippen molar-refractivity contribution in [1.29, 1.82) is 0 Å². The molecule has 0 rings (SSSR count). The molecule has 0 aliphatic carbocycles. The number of hydrogen-bond donors (Lipinski definition) is 0. The van der Waals surface area contributed by atoms with Crippen molar-refractivity contribution in [3.63, 3.8) is 0 Å². The van der Waals surface area contributed by atoms with Crippen LogP contribution in [0, 0.1) is 0 Å². The van der Waals surface area contributed by atoms with Crippen LogP contribution < -0.4 is 0 Å². The Bertz CT molecular complexity index is 844. The molecule has 0 aromatic heterocycles. The number of hydrogen-bond acceptors (Lipinski definition) is 6. The molecule has 0 aliphatic rings. The third kappa shape index (κ3) is 45.3. The van der Waals surface area contributed by atoms with Gasteiger partial charge >= 0.3 is 17.9 Å². The third-order valence-electron chi connectivity index (χ3n) is 11.6. The quantitative estimate of drug-likeness (QED) is 0.0346. The Kier molecular flexibility index (Phi) is 45.8. The molecule has 0 saturated heterocycles. The predicted molar refractivity (Wildman–Crippen MR) is 243 cm³/mol. The summed E-state index contributed by atoms with van der Waals surface area (Å²) in [4.78, 5) is 37.8. The lowest BCUT2D eigenvalue weighted by molar-refractivity contribution is -0.167. The van der Waals surface area contributed by atoms with Gasteiger partial charge in [0.2, 0.25) is 0 Å². The first-order valence-electron chi connectivity index (χ1n) is 25.5. The van der Waals surface area contributed by atoms with E-state index in [1.54, 1.807) is 0 Å². The van der Waals surface area contributed by atoms with Crippen LogP contribution in [0.15, 0.2) is 0 Å². The van der Waals surface area contributed by atoms with E-state index in [1.807, 2.05) is 0 Å². The van der Waals surface area contributed by atoms with Gasteiger partial charge < -0.3 is 14.2 Å². The van der Waals surface area contributed by atoms with Crippen molar-refractivity contribution in [3.8, 4) is 0 Å². The highest BCUT2D eigenvalue weighted by Gasteiger charge is 2.19. The molecule has 0 saturated carbocycles. The van der Waals surface area contributed by atoms with E-state index in [4.69, 9.17) is 14.2 Å². The first-order valence-corrected chi connectivity index (χ1v) is 25.5. The van der Waals surface area contributed by atoms with Gasteiger partial charge in [0.15, 0.2) is 6.10 Å². The van der Waals surface area contributed by atoms with E-state index in [2.05, 4.69) is 20.8 Å². The monoisotopic (exact) mass is 807 g/mol. The van der Waals surface area contributed by atoms with Crippen LogP contribution in [-0.2, 0) is 28.6 Å². The number of ether oxygens (including phenoxy) is 3. The molecule has 0 aromatic rings. The molecule has 57 heavy (non-hydrogen) atoms. The summed E-state index contributed by atoms with van der Waals surface area (Å²) >= 11 is 0. The standard InChI is InChI=1S/C51H98O6/c1-4-7-10-13-16-19-21-23-25-26-28-30-33-35-38-41-44-50(53)56-47-48(57-51(54)45-42-39-36-31-18-15-12-9-6-3)46-55-49(52)43-40-37-34-32-29-27-24-22-20-17-14-11-8-5-2/h48H,4-47H2,1-3H3/t48-/m0/s1. The second-order valence-corrected chi connectivity index (χ2v) is 17.5. The smallest absolute Gasteiger partial charge is 0.306 e. The van der Waals surface area contributed by atoms with Crippen molar-refractivity contribution in [3.05, 3.63) is 0 Å². The molecular weight excluding hydrogens is 709 g/mol. The van der Waals surface area contributed by atoms with Gasteiger partial charge in [-0.15, -0.1) is 0 Å². The van der Waals surface area contributed by atoms with Gasteiger partial charge in [-0.1, -0.05) is 252 Å². The van der Waals surface area contributed by atoms with E-state index in [-0.39, 0.29) is 31.1 Å². The molecule has 0 bridgehead atoms. The maximum atomic E-state index is 12.7. The van der Waals surface area contributed by atoms with Crippen LogP contribution in [0.25, 0.3) is 0 Å². The van der Waals surface area contributed by atoms with Gasteiger partial charge in [0, 0.05) is 19.3 Å². The fraction of sp³-hybridized carbons (Fsp3) is 0.941. The van der Waals surface area contributed by atoms with Gasteiger partial charge in [-0.25, -0.2) is 0 Å². The molecule has 0 spiro atoms. The van der Waals surface area contributed by atoms with Gasteiger partial charge in [0.05, 0.1) is 0 Å². The Morgan fingerprint density at radius 3 is 0.702 bits per heavy atom. The van der Waals surface area contributed by atoms with E-state index >= 15 is 0 Å². The van der Waals surface area contributed by atoms with Crippen LogP contribution in [0.1, 0.15) is 290 Å². The summed E-state index contributed by atoms with van der Waals surface area (Å²) in [6, 6.07) is 0. The number of rotatable bonds is 47. The Labute approximate surface area is 355 Å². The highest BCUT2D eigenvalue weighted by molar-refractivity contribution is 5.71. The molecule has 0 aliphatic heterocycles. The molecule has 0 N–H and O–H groups in total. The van der Waals surface area contributed by atoms with E-state index in [1.165, 1.54) is 193 Å². The average molecular weight is 807 g/mol. The maximum Gasteiger partial charge on any atom is 0.306 e. The van der Waals surface area contributed by atoms with Crippen molar-refractivity contribution in [2.75, 3.05) is 13.2 Å². The molecule has 6 heteroatoms. The lowest BCUT2D eigenvalue weighted by Gasteiger charge is -2.18. The minimum absolute atomic E-state index is 0.0622. The lowest BCUT2D eigenvalue weighted by atomic mass is 10.0. The minimum atomic E-state index is -0.758. The molecule has 338 valence electrons. The average Bonchev–Trinajstić information content (AvgIpc) is 3.21. The second kappa shape index (κ2) is 47.1. The molecule has 6 nitrogen and oxygen atoms in total. The molecule has 0 aromatic carbocycles. The largest absolute Gasteiger partial charge is 0.462 e. The molecule has 0 fully saturated rings. The summed E-state index contributed by atoms with van der Waals surface area (Å²) in [6.07, 6.45) is 49.4. The van der Waals surface area contributed by atoms with Crippen LogP contribution in [0.5, 0.6) is 0 Å². The summed E-state index contributed by atoms with van der Waals surface area (Å²) in [6.45, 7) is 6.66. The van der Waals surface area contributed by atoms with Crippen LogP contribution in [0.3, 0.4) is 0 Å².